The number of fused-ring (bicyclic) bond motifs is 1. The van der Waals surface area contributed by atoms with Gasteiger partial charge in [0.2, 0.25) is 0 Å². The Kier molecular flexibility index (Phi) is 6.18. The van der Waals surface area contributed by atoms with Crippen molar-refractivity contribution in [2.75, 3.05) is 7.11 Å². The predicted molar refractivity (Wildman–Crippen MR) is 120 cm³/mol. The summed E-state index contributed by atoms with van der Waals surface area (Å²) < 4.78 is 20.4. The number of ether oxygens (including phenoxy) is 1. The van der Waals surface area contributed by atoms with Crippen LogP contribution in [0.1, 0.15) is 51.0 Å². The van der Waals surface area contributed by atoms with Gasteiger partial charge in [0, 0.05) is 10.9 Å². The van der Waals surface area contributed by atoms with Crippen molar-refractivity contribution >= 4 is 10.8 Å². The highest BCUT2D eigenvalue weighted by Gasteiger charge is 2.19. The zero-order valence-corrected chi connectivity index (χ0v) is 17.6. The Morgan fingerprint density at radius 1 is 0.897 bits per heavy atom. The highest BCUT2D eigenvalue weighted by atomic mass is 19.1. The first kappa shape index (κ1) is 19.9. The Balaban J connectivity index is 1.48. The summed E-state index contributed by atoms with van der Waals surface area (Å²) in [6.07, 6.45) is 9.25. The van der Waals surface area contributed by atoms with Gasteiger partial charge < -0.3 is 4.74 Å². The normalized spacial score (nSPS) is 19.4. The van der Waals surface area contributed by atoms with Crippen LogP contribution in [0.25, 0.3) is 21.9 Å². The van der Waals surface area contributed by atoms with Gasteiger partial charge in [-0.2, -0.15) is 0 Å². The number of rotatable bonds is 6. The molecule has 0 radical (unpaired) electrons. The molecule has 1 aliphatic rings. The lowest BCUT2D eigenvalue weighted by Gasteiger charge is -2.27. The second kappa shape index (κ2) is 8.98. The molecule has 152 valence electrons. The highest BCUT2D eigenvalue weighted by molar-refractivity contribution is 5.88. The van der Waals surface area contributed by atoms with Crippen LogP contribution in [-0.4, -0.2) is 7.11 Å². The lowest BCUT2D eigenvalue weighted by Crippen LogP contribution is -2.14. The highest BCUT2D eigenvalue weighted by Crippen LogP contribution is 2.34. The smallest absolute Gasteiger partial charge is 0.138 e. The van der Waals surface area contributed by atoms with Crippen LogP contribution >= 0.6 is 0 Å². The standard InChI is InChI=1S/C27H31FO/c1-3-19-4-6-20(7-5-19)8-9-21-10-16-26-23(18-21)13-17-25(27(26)28)22-11-14-24(29-2)15-12-22/h10-20H,3-9H2,1-2H3. The van der Waals surface area contributed by atoms with E-state index < -0.39 is 0 Å². The van der Waals surface area contributed by atoms with Crippen molar-refractivity contribution in [2.45, 2.75) is 51.9 Å². The van der Waals surface area contributed by atoms with E-state index in [1.54, 1.807) is 7.11 Å². The minimum absolute atomic E-state index is 0.142. The molecule has 1 nitrogen and oxygen atoms in total. The molecule has 0 bridgehead atoms. The second-order valence-corrected chi connectivity index (χ2v) is 8.54. The van der Waals surface area contributed by atoms with E-state index in [1.165, 1.54) is 44.1 Å². The largest absolute Gasteiger partial charge is 0.497 e. The Bertz CT molecular complexity index is 952. The van der Waals surface area contributed by atoms with Crippen LogP contribution in [0.5, 0.6) is 5.75 Å². The molecular weight excluding hydrogens is 359 g/mol. The maximum Gasteiger partial charge on any atom is 0.138 e. The van der Waals surface area contributed by atoms with E-state index in [2.05, 4.69) is 19.1 Å². The molecule has 3 aromatic rings. The van der Waals surface area contributed by atoms with Gasteiger partial charge >= 0.3 is 0 Å². The van der Waals surface area contributed by atoms with Crippen LogP contribution in [-0.2, 0) is 6.42 Å². The summed E-state index contributed by atoms with van der Waals surface area (Å²) in [5, 5.41) is 1.69. The van der Waals surface area contributed by atoms with Gasteiger partial charge in [0.15, 0.2) is 0 Å². The number of benzene rings is 3. The average Bonchev–Trinajstić information content (AvgIpc) is 2.78. The lowest BCUT2D eigenvalue weighted by molar-refractivity contribution is 0.259. The molecule has 2 heteroatoms. The van der Waals surface area contributed by atoms with Crippen molar-refractivity contribution in [2.24, 2.45) is 11.8 Å². The van der Waals surface area contributed by atoms with Crippen molar-refractivity contribution in [3.05, 3.63) is 66.0 Å². The molecule has 29 heavy (non-hydrogen) atoms. The summed E-state index contributed by atoms with van der Waals surface area (Å²) >= 11 is 0. The zero-order chi connectivity index (χ0) is 20.2. The van der Waals surface area contributed by atoms with E-state index in [9.17, 15) is 0 Å². The summed E-state index contributed by atoms with van der Waals surface area (Å²) in [4.78, 5) is 0. The van der Waals surface area contributed by atoms with Crippen molar-refractivity contribution in [3.63, 3.8) is 0 Å². The molecule has 0 aliphatic heterocycles. The molecule has 0 N–H and O–H groups in total. The topological polar surface area (TPSA) is 9.23 Å². The predicted octanol–water partition coefficient (Wildman–Crippen LogP) is 7.80. The van der Waals surface area contributed by atoms with Gasteiger partial charge in [0.1, 0.15) is 11.6 Å². The van der Waals surface area contributed by atoms with E-state index in [-0.39, 0.29) is 5.82 Å². The van der Waals surface area contributed by atoms with Crippen molar-refractivity contribution in [1.82, 2.24) is 0 Å². The van der Waals surface area contributed by atoms with Crippen LogP contribution in [0.15, 0.2) is 54.6 Å². The van der Waals surface area contributed by atoms with Gasteiger partial charge in [-0.15, -0.1) is 0 Å². The fourth-order valence-corrected chi connectivity index (χ4v) is 4.79. The molecule has 0 heterocycles. The van der Waals surface area contributed by atoms with Crippen LogP contribution in [0.3, 0.4) is 0 Å². The van der Waals surface area contributed by atoms with Gasteiger partial charge in [-0.1, -0.05) is 81.5 Å². The third kappa shape index (κ3) is 4.47. The molecule has 1 fully saturated rings. The van der Waals surface area contributed by atoms with E-state index >= 15 is 4.39 Å². The molecule has 1 saturated carbocycles. The van der Waals surface area contributed by atoms with Crippen LogP contribution in [0.2, 0.25) is 0 Å². The van der Waals surface area contributed by atoms with Crippen LogP contribution in [0, 0.1) is 17.7 Å². The van der Waals surface area contributed by atoms with Crippen LogP contribution in [0.4, 0.5) is 4.39 Å². The van der Waals surface area contributed by atoms with Gasteiger partial charge in [0.05, 0.1) is 7.11 Å². The number of methoxy groups -OCH3 is 1. The third-order valence-electron chi connectivity index (χ3n) is 6.80. The number of halogens is 1. The summed E-state index contributed by atoms with van der Waals surface area (Å²) in [5.41, 5.74) is 2.84. The van der Waals surface area contributed by atoms with Gasteiger partial charge in [-0.25, -0.2) is 4.39 Å². The number of aryl methyl sites for hydroxylation is 1. The fourth-order valence-electron chi connectivity index (χ4n) is 4.79. The summed E-state index contributed by atoms with van der Waals surface area (Å²) in [7, 11) is 1.64. The Hall–Kier alpha value is -2.35. The Morgan fingerprint density at radius 2 is 1.62 bits per heavy atom. The molecule has 0 aromatic heterocycles. The van der Waals surface area contributed by atoms with Crippen molar-refractivity contribution < 1.29 is 9.13 Å². The van der Waals surface area contributed by atoms with E-state index in [4.69, 9.17) is 4.74 Å². The van der Waals surface area contributed by atoms with Crippen molar-refractivity contribution in [1.29, 1.82) is 0 Å². The molecule has 0 saturated heterocycles. The van der Waals surface area contributed by atoms with Gasteiger partial charge in [0.25, 0.3) is 0 Å². The summed E-state index contributed by atoms with van der Waals surface area (Å²) in [6.45, 7) is 2.32. The van der Waals surface area contributed by atoms with E-state index in [0.717, 1.165) is 35.0 Å². The third-order valence-corrected chi connectivity index (χ3v) is 6.80. The first-order valence-electron chi connectivity index (χ1n) is 11.0. The lowest BCUT2D eigenvalue weighted by atomic mass is 9.78. The van der Waals surface area contributed by atoms with E-state index in [1.807, 2.05) is 42.5 Å². The maximum absolute atomic E-state index is 15.2. The molecule has 0 spiro atoms. The first-order chi connectivity index (χ1) is 14.2. The van der Waals surface area contributed by atoms with Gasteiger partial charge in [-0.05, 0) is 53.3 Å². The minimum atomic E-state index is -0.142. The summed E-state index contributed by atoms with van der Waals surface area (Å²) in [6, 6.07) is 17.8. The van der Waals surface area contributed by atoms with Crippen molar-refractivity contribution in [3.8, 4) is 16.9 Å². The Morgan fingerprint density at radius 3 is 2.31 bits per heavy atom. The molecule has 1 aliphatic carbocycles. The minimum Gasteiger partial charge on any atom is -0.497 e. The maximum atomic E-state index is 15.2. The van der Waals surface area contributed by atoms with Crippen LogP contribution < -0.4 is 4.74 Å². The average molecular weight is 391 g/mol. The molecule has 0 amide bonds. The van der Waals surface area contributed by atoms with E-state index in [0.29, 0.717) is 10.9 Å². The van der Waals surface area contributed by atoms with Gasteiger partial charge in [-0.3, -0.25) is 0 Å². The molecular formula is C27H31FO. The zero-order valence-electron chi connectivity index (χ0n) is 17.6. The SMILES string of the molecule is CCC1CCC(CCc2ccc3c(F)c(-c4ccc(OC)cc4)ccc3c2)CC1. The fraction of sp³-hybridized carbons (Fsp3) is 0.407. The number of hydrogen-bond acceptors (Lipinski definition) is 1. The number of hydrogen-bond donors (Lipinski definition) is 0. The molecule has 4 rings (SSSR count). The second-order valence-electron chi connectivity index (χ2n) is 8.54. The Labute approximate surface area is 173 Å². The quantitative estimate of drug-likeness (QED) is 0.417. The molecule has 0 atom stereocenters. The monoisotopic (exact) mass is 390 g/mol. The molecule has 0 unspecified atom stereocenters. The summed E-state index contributed by atoms with van der Waals surface area (Å²) in [5.74, 6) is 2.46. The molecule has 3 aromatic carbocycles. The first-order valence-corrected chi connectivity index (χ1v) is 11.0.